The van der Waals surface area contributed by atoms with E-state index in [0.29, 0.717) is 10.7 Å². The first-order valence-corrected chi connectivity index (χ1v) is 11.1. The molecule has 0 fully saturated rings. The lowest BCUT2D eigenvalue weighted by atomic mass is 10.2. The van der Waals surface area contributed by atoms with Crippen molar-refractivity contribution in [1.82, 2.24) is 29.7 Å². The molecular formula is C20H20Cl3N7O4. The highest BCUT2D eigenvalue weighted by molar-refractivity contribution is 6.31. The number of aryl methyl sites for hydroxylation is 1. The molecule has 0 bridgehead atoms. The Labute approximate surface area is 209 Å². The molecule has 0 aliphatic rings. The minimum Gasteiger partial charge on any atom is -0.467 e. The lowest BCUT2D eigenvalue weighted by molar-refractivity contribution is -0.153. The fourth-order valence-electron chi connectivity index (χ4n) is 3.14. The zero-order valence-corrected chi connectivity index (χ0v) is 20.4. The van der Waals surface area contributed by atoms with Gasteiger partial charge in [0.05, 0.1) is 36.9 Å². The van der Waals surface area contributed by atoms with Gasteiger partial charge in [-0.1, -0.05) is 28.4 Å². The van der Waals surface area contributed by atoms with Crippen LogP contribution < -0.4 is 5.32 Å². The molecule has 1 aromatic carbocycles. The number of hydrogen-bond donors (Lipinski definition) is 1. The SMILES string of the molecule is COC(=O)C(Cn1ccc(C)n1)N(CC(=O)Nc1cc(Cl)ccc1-n1cc(Cl)nn1)C(=O)CCl. The molecule has 0 saturated carbocycles. The minimum absolute atomic E-state index is 0.0315. The standard InChI is InChI=1S/C20H20Cl3N7O4/c1-12-5-6-28(26-12)9-16(20(33)34-2)29(19(32)8-21)11-18(31)24-14-7-13(22)3-4-15(14)30-10-17(23)25-27-30/h3-7,10,16H,8-9,11H2,1-2H3,(H,24,31). The van der Waals surface area contributed by atoms with Crippen LogP contribution in [0.3, 0.4) is 0 Å². The van der Waals surface area contributed by atoms with Crippen LogP contribution in [0.1, 0.15) is 5.69 Å². The first kappa shape index (κ1) is 25.5. The van der Waals surface area contributed by atoms with Gasteiger partial charge in [0.2, 0.25) is 11.8 Å². The van der Waals surface area contributed by atoms with Crippen LogP contribution in [-0.4, -0.2) is 73.0 Å². The number of esters is 1. The maximum absolute atomic E-state index is 13.0. The molecule has 0 saturated heterocycles. The van der Waals surface area contributed by atoms with Crippen LogP contribution in [0, 0.1) is 6.92 Å². The summed E-state index contributed by atoms with van der Waals surface area (Å²) in [7, 11) is 1.19. The van der Waals surface area contributed by atoms with E-state index in [1.54, 1.807) is 31.3 Å². The highest BCUT2D eigenvalue weighted by Gasteiger charge is 2.32. The third kappa shape index (κ3) is 6.25. The van der Waals surface area contributed by atoms with E-state index in [1.165, 1.54) is 28.7 Å². The number of methoxy groups -OCH3 is 1. The predicted octanol–water partition coefficient (Wildman–Crippen LogP) is 2.33. The maximum atomic E-state index is 13.0. The molecule has 2 aromatic heterocycles. The summed E-state index contributed by atoms with van der Waals surface area (Å²) in [5, 5.41) is 15.0. The first-order chi connectivity index (χ1) is 16.2. The lowest BCUT2D eigenvalue weighted by Crippen LogP contribution is -2.51. The zero-order chi connectivity index (χ0) is 24.8. The van der Waals surface area contributed by atoms with Crippen molar-refractivity contribution in [2.75, 3.05) is 24.9 Å². The van der Waals surface area contributed by atoms with Gasteiger partial charge in [-0.05, 0) is 31.2 Å². The van der Waals surface area contributed by atoms with E-state index >= 15 is 0 Å². The summed E-state index contributed by atoms with van der Waals surface area (Å²) < 4.78 is 7.70. The van der Waals surface area contributed by atoms with Crippen molar-refractivity contribution in [2.24, 2.45) is 0 Å². The van der Waals surface area contributed by atoms with E-state index in [4.69, 9.17) is 39.5 Å². The van der Waals surface area contributed by atoms with Crippen molar-refractivity contribution in [3.05, 3.63) is 52.5 Å². The van der Waals surface area contributed by atoms with Crippen molar-refractivity contribution >= 4 is 58.3 Å². The summed E-state index contributed by atoms with van der Waals surface area (Å²) >= 11 is 17.7. The van der Waals surface area contributed by atoms with Gasteiger partial charge in [-0.2, -0.15) is 5.10 Å². The van der Waals surface area contributed by atoms with E-state index in [9.17, 15) is 14.4 Å². The van der Waals surface area contributed by atoms with Crippen LogP contribution in [0.15, 0.2) is 36.7 Å². The number of halogens is 3. The van der Waals surface area contributed by atoms with Crippen LogP contribution in [0.5, 0.6) is 0 Å². The molecule has 180 valence electrons. The molecule has 1 unspecified atom stereocenters. The Morgan fingerprint density at radius 2 is 2.00 bits per heavy atom. The number of carbonyl (C=O) groups is 3. The van der Waals surface area contributed by atoms with Gasteiger partial charge < -0.3 is 15.0 Å². The van der Waals surface area contributed by atoms with Crippen molar-refractivity contribution in [2.45, 2.75) is 19.5 Å². The number of carbonyl (C=O) groups excluding carboxylic acids is 3. The van der Waals surface area contributed by atoms with E-state index in [2.05, 4.69) is 20.7 Å². The van der Waals surface area contributed by atoms with Crippen LogP contribution in [0.2, 0.25) is 10.2 Å². The molecule has 0 radical (unpaired) electrons. The number of rotatable bonds is 9. The molecule has 1 N–H and O–H groups in total. The number of anilines is 1. The highest BCUT2D eigenvalue weighted by Crippen LogP contribution is 2.25. The number of hydrogen-bond acceptors (Lipinski definition) is 7. The molecule has 11 nitrogen and oxygen atoms in total. The van der Waals surface area contributed by atoms with E-state index in [1.807, 2.05) is 0 Å². The van der Waals surface area contributed by atoms with Crippen molar-refractivity contribution in [3.8, 4) is 5.69 Å². The fraction of sp³-hybridized carbons (Fsp3) is 0.300. The van der Waals surface area contributed by atoms with Gasteiger partial charge in [0.25, 0.3) is 0 Å². The lowest BCUT2D eigenvalue weighted by Gasteiger charge is -2.29. The van der Waals surface area contributed by atoms with Crippen molar-refractivity contribution in [1.29, 1.82) is 0 Å². The molecule has 0 spiro atoms. The average molecular weight is 529 g/mol. The van der Waals surface area contributed by atoms with Gasteiger partial charge in [-0.15, -0.1) is 16.7 Å². The van der Waals surface area contributed by atoms with E-state index in [0.717, 1.165) is 10.6 Å². The summed E-state index contributed by atoms with van der Waals surface area (Å²) in [5.41, 5.74) is 1.44. The van der Waals surface area contributed by atoms with Crippen LogP contribution >= 0.6 is 34.8 Å². The fourth-order valence-corrected chi connectivity index (χ4v) is 3.59. The van der Waals surface area contributed by atoms with Gasteiger partial charge in [0.15, 0.2) is 5.15 Å². The minimum atomic E-state index is -1.14. The number of ether oxygens (including phenoxy) is 1. The van der Waals surface area contributed by atoms with Gasteiger partial charge in [-0.3, -0.25) is 14.3 Å². The molecule has 14 heteroatoms. The molecule has 0 aliphatic heterocycles. The molecule has 3 aromatic rings. The molecule has 0 aliphatic carbocycles. The van der Waals surface area contributed by atoms with Crippen molar-refractivity contribution < 1.29 is 19.1 Å². The molecular weight excluding hydrogens is 509 g/mol. The normalized spacial score (nSPS) is 11.7. The van der Waals surface area contributed by atoms with E-state index < -0.39 is 36.3 Å². The number of alkyl halides is 1. The number of benzene rings is 1. The Morgan fingerprint density at radius 3 is 2.59 bits per heavy atom. The van der Waals surface area contributed by atoms with Gasteiger partial charge >= 0.3 is 5.97 Å². The Morgan fingerprint density at radius 1 is 1.24 bits per heavy atom. The molecule has 2 heterocycles. The second-order valence-electron chi connectivity index (χ2n) is 7.07. The topological polar surface area (TPSA) is 124 Å². The maximum Gasteiger partial charge on any atom is 0.330 e. The first-order valence-electron chi connectivity index (χ1n) is 9.82. The second-order valence-corrected chi connectivity index (χ2v) is 8.16. The smallest absolute Gasteiger partial charge is 0.330 e. The second kappa shape index (κ2) is 11.3. The third-order valence-corrected chi connectivity index (χ3v) is 5.31. The quantitative estimate of drug-likeness (QED) is 0.334. The third-order valence-electron chi connectivity index (χ3n) is 4.68. The Hall–Kier alpha value is -3.15. The highest BCUT2D eigenvalue weighted by atomic mass is 35.5. The molecule has 1 atom stereocenters. The molecule has 34 heavy (non-hydrogen) atoms. The summed E-state index contributed by atoms with van der Waals surface area (Å²) in [6.07, 6.45) is 3.10. The van der Waals surface area contributed by atoms with E-state index in [-0.39, 0.29) is 17.4 Å². The van der Waals surface area contributed by atoms with Gasteiger partial charge in [-0.25, -0.2) is 9.48 Å². The monoisotopic (exact) mass is 527 g/mol. The number of aromatic nitrogens is 5. The van der Waals surface area contributed by atoms with Crippen LogP contribution in [0.25, 0.3) is 5.69 Å². The summed E-state index contributed by atoms with van der Waals surface area (Å²) in [6.45, 7) is 1.26. The zero-order valence-electron chi connectivity index (χ0n) is 18.1. The summed E-state index contributed by atoms with van der Waals surface area (Å²) in [4.78, 5) is 39.2. The molecule has 3 rings (SSSR count). The van der Waals surface area contributed by atoms with Crippen LogP contribution in [0.4, 0.5) is 5.69 Å². The number of nitrogens with zero attached hydrogens (tertiary/aromatic N) is 6. The predicted molar refractivity (Wildman–Crippen MR) is 125 cm³/mol. The van der Waals surface area contributed by atoms with Gasteiger partial charge in [0.1, 0.15) is 18.5 Å². The van der Waals surface area contributed by atoms with Gasteiger partial charge in [0, 0.05) is 11.2 Å². The van der Waals surface area contributed by atoms with Crippen molar-refractivity contribution in [3.63, 3.8) is 0 Å². The Bertz CT molecular complexity index is 1200. The average Bonchev–Trinajstić information content (AvgIpc) is 3.42. The summed E-state index contributed by atoms with van der Waals surface area (Å²) in [5.74, 6) is -2.41. The Kier molecular flexibility index (Phi) is 8.48. The summed E-state index contributed by atoms with van der Waals surface area (Å²) in [6, 6.07) is 5.32. The van der Waals surface area contributed by atoms with Crippen LogP contribution in [-0.2, 0) is 25.7 Å². The molecule has 2 amide bonds. The largest absolute Gasteiger partial charge is 0.467 e. The number of nitrogens with one attached hydrogen (secondary N) is 1. The Balaban J connectivity index is 1.86. The number of amides is 2.